The van der Waals surface area contributed by atoms with Crippen LogP contribution < -0.4 is 14.8 Å². The summed E-state index contributed by atoms with van der Waals surface area (Å²) in [6.07, 6.45) is 0. The van der Waals surface area contributed by atoms with Gasteiger partial charge in [-0.1, -0.05) is 0 Å². The number of thiazole rings is 1. The van der Waals surface area contributed by atoms with Crippen LogP contribution in [0.4, 0.5) is 13.9 Å². The molecule has 0 aliphatic rings. The van der Waals surface area contributed by atoms with E-state index in [9.17, 15) is 13.6 Å². The quantitative estimate of drug-likeness (QED) is 0.719. The molecule has 0 unspecified atom stereocenters. The number of halogens is 2. The lowest BCUT2D eigenvalue weighted by Crippen LogP contribution is -2.13. The van der Waals surface area contributed by atoms with Crippen LogP contribution in [-0.4, -0.2) is 25.1 Å². The highest BCUT2D eigenvalue weighted by Crippen LogP contribution is 2.29. The molecule has 0 saturated carbocycles. The predicted octanol–water partition coefficient (Wildman–Crippen LogP) is 4.36. The lowest BCUT2D eigenvalue weighted by molar-refractivity contribution is 0.102. The van der Waals surface area contributed by atoms with Crippen LogP contribution in [0.1, 0.15) is 10.4 Å². The molecule has 0 fully saturated rings. The third kappa shape index (κ3) is 3.65. The van der Waals surface area contributed by atoms with Gasteiger partial charge in [0.2, 0.25) is 0 Å². The van der Waals surface area contributed by atoms with Crippen molar-refractivity contribution in [3.05, 3.63) is 59.0 Å². The summed E-state index contributed by atoms with van der Waals surface area (Å²) in [7, 11) is 2.96. The Balaban J connectivity index is 1.83. The highest BCUT2D eigenvalue weighted by Gasteiger charge is 2.16. The maximum Gasteiger partial charge on any atom is 0.261 e. The molecule has 3 rings (SSSR count). The van der Waals surface area contributed by atoms with Gasteiger partial charge >= 0.3 is 0 Å². The van der Waals surface area contributed by atoms with Gasteiger partial charge in [-0.25, -0.2) is 13.8 Å². The standard InChI is InChI=1S/C18H14F2N2O3S/c1-24-11-4-5-12(16(8-11)25-2)17(23)22-18-21-15(9-26-18)13-7-10(19)3-6-14(13)20/h3-9H,1-2H3,(H,21,22,23). The minimum atomic E-state index is -0.591. The number of nitrogens with one attached hydrogen (secondary N) is 1. The van der Waals surface area contributed by atoms with E-state index in [-0.39, 0.29) is 16.4 Å². The summed E-state index contributed by atoms with van der Waals surface area (Å²) in [6, 6.07) is 7.90. The van der Waals surface area contributed by atoms with Gasteiger partial charge in [-0.3, -0.25) is 10.1 Å². The molecule has 0 spiro atoms. The van der Waals surface area contributed by atoms with Crippen LogP contribution in [0.15, 0.2) is 41.8 Å². The molecule has 1 heterocycles. The second-order valence-electron chi connectivity index (χ2n) is 5.18. The first-order valence-electron chi connectivity index (χ1n) is 7.46. The molecule has 0 atom stereocenters. The number of carbonyl (C=O) groups is 1. The van der Waals surface area contributed by atoms with E-state index < -0.39 is 17.5 Å². The summed E-state index contributed by atoms with van der Waals surface area (Å²) in [4.78, 5) is 16.6. The van der Waals surface area contributed by atoms with E-state index in [0.29, 0.717) is 17.1 Å². The fraction of sp³-hybridized carbons (Fsp3) is 0.111. The van der Waals surface area contributed by atoms with Gasteiger partial charge in [0.15, 0.2) is 5.13 Å². The van der Waals surface area contributed by atoms with Gasteiger partial charge in [0.05, 0.1) is 25.5 Å². The summed E-state index contributed by atoms with van der Waals surface area (Å²) in [5.41, 5.74) is 0.565. The SMILES string of the molecule is COc1ccc(C(=O)Nc2nc(-c3cc(F)ccc3F)cs2)c(OC)c1. The second-order valence-corrected chi connectivity index (χ2v) is 6.04. The summed E-state index contributed by atoms with van der Waals surface area (Å²) in [5, 5.41) is 4.42. The highest BCUT2D eigenvalue weighted by molar-refractivity contribution is 7.14. The molecule has 1 N–H and O–H groups in total. The van der Waals surface area contributed by atoms with Gasteiger partial charge in [0, 0.05) is 17.0 Å². The van der Waals surface area contributed by atoms with Crippen LogP contribution in [0.25, 0.3) is 11.3 Å². The Morgan fingerprint density at radius 3 is 2.65 bits per heavy atom. The average Bonchev–Trinajstić information content (AvgIpc) is 3.11. The van der Waals surface area contributed by atoms with Gasteiger partial charge < -0.3 is 9.47 Å². The molecule has 3 aromatic rings. The molecule has 1 amide bonds. The fourth-order valence-corrected chi connectivity index (χ4v) is 3.00. The summed E-state index contributed by atoms with van der Waals surface area (Å²) >= 11 is 1.11. The highest BCUT2D eigenvalue weighted by atomic mass is 32.1. The van der Waals surface area contributed by atoms with Crippen LogP contribution in [0.5, 0.6) is 11.5 Å². The number of amides is 1. The van der Waals surface area contributed by atoms with E-state index in [4.69, 9.17) is 9.47 Å². The van der Waals surface area contributed by atoms with Crippen LogP contribution in [0.2, 0.25) is 0 Å². The molecule has 26 heavy (non-hydrogen) atoms. The number of nitrogens with zero attached hydrogens (tertiary/aromatic N) is 1. The van der Waals surface area contributed by atoms with E-state index in [1.165, 1.54) is 14.2 Å². The first kappa shape index (κ1) is 17.8. The Hall–Kier alpha value is -3.00. The fourth-order valence-electron chi connectivity index (χ4n) is 2.30. The number of carbonyl (C=O) groups excluding carboxylic acids is 1. The van der Waals surface area contributed by atoms with Crippen molar-refractivity contribution in [3.8, 4) is 22.8 Å². The van der Waals surface area contributed by atoms with Gasteiger partial charge in [-0.05, 0) is 30.3 Å². The third-order valence-corrected chi connectivity index (χ3v) is 4.34. The topological polar surface area (TPSA) is 60.5 Å². The molecule has 2 aromatic carbocycles. The number of rotatable bonds is 5. The van der Waals surface area contributed by atoms with Crippen LogP contribution >= 0.6 is 11.3 Å². The zero-order valence-electron chi connectivity index (χ0n) is 13.9. The molecule has 0 radical (unpaired) electrons. The van der Waals surface area contributed by atoms with Crippen LogP contribution in [0, 0.1) is 11.6 Å². The molecule has 0 saturated heterocycles. The van der Waals surface area contributed by atoms with Crippen molar-refractivity contribution >= 4 is 22.4 Å². The number of anilines is 1. The molecule has 8 heteroatoms. The largest absolute Gasteiger partial charge is 0.497 e. The van der Waals surface area contributed by atoms with Crippen molar-refractivity contribution in [1.82, 2.24) is 4.98 Å². The van der Waals surface area contributed by atoms with Crippen molar-refractivity contribution in [1.29, 1.82) is 0 Å². The van der Waals surface area contributed by atoms with Gasteiger partial charge in [0.25, 0.3) is 5.91 Å². The van der Waals surface area contributed by atoms with Crippen molar-refractivity contribution in [2.45, 2.75) is 0 Å². The minimum Gasteiger partial charge on any atom is -0.497 e. The summed E-state index contributed by atoms with van der Waals surface area (Å²) in [5.74, 6) is -0.703. The van der Waals surface area contributed by atoms with Crippen molar-refractivity contribution in [2.75, 3.05) is 19.5 Å². The first-order valence-corrected chi connectivity index (χ1v) is 8.34. The Morgan fingerprint density at radius 2 is 1.92 bits per heavy atom. The van der Waals surface area contributed by atoms with E-state index in [1.807, 2.05) is 0 Å². The molecule has 1 aromatic heterocycles. The molecule has 0 bridgehead atoms. The zero-order valence-corrected chi connectivity index (χ0v) is 14.7. The number of ether oxygens (including phenoxy) is 2. The molecule has 5 nitrogen and oxygen atoms in total. The van der Waals surface area contributed by atoms with Crippen molar-refractivity contribution in [3.63, 3.8) is 0 Å². The first-order chi connectivity index (χ1) is 12.5. The van der Waals surface area contributed by atoms with Crippen LogP contribution in [0.3, 0.4) is 0 Å². The average molecular weight is 376 g/mol. The van der Waals surface area contributed by atoms with E-state index in [1.54, 1.807) is 23.6 Å². The van der Waals surface area contributed by atoms with Crippen molar-refractivity contribution < 1.29 is 23.0 Å². The Labute approximate surface area is 152 Å². The maximum atomic E-state index is 13.8. The van der Waals surface area contributed by atoms with Gasteiger partial charge in [0.1, 0.15) is 23.1 Å². The smallest absolute Gasteiger partial charge is 0.261 e. The molecular weight excluding hydrogens is 362 g/mol. The van der Waals surface area contributed by atoms with E-state index >= 15 is 0 Å². The van der Waals surface area contributed by atoms with Gasteiger partial charge in [-0.2, -0.15) is 0 Å². The number of hydrogen-bond acceptors (Lipinski definition) is 5. The number of benzene rings is 2. The molecular formula is C18H14F2N2O3S. The Morgan fingerprint density at radius 1 is 1.12 bits per heavy atom. The number of hydrogen-bond donors (Lipinski definition) is 1. The van der Waals surface area contributed by atoms with Crippen molar-refractivity contribution in [2.24, 2.45) is 0 Å². The second kappa shape index (κ2) is 7.49. The van der Waals surface area contributed by atoms with E-state index in [2.05, 4.69) is 10.3 Å². The number of methoxy groups -OCH3 is 2. The Kier molecular flexibility index (Phi) is 5.13. The lowest BCUT2D eigenvalue weighted by Gasteiger charge is -2.09. The summed E-state index contributed by atoms with van der Waals surface area (Å²) in [6.45, 7) is 0. The van der Waals surface area contributed by atoms with E-state index in [0.717, 1.165) is 29.5 Å². The minimum absolute atomic E-state index is 0.0313. The normalized spacial score (nSPS) is 10.5. The third-order valence-electron chi connectivity index (χ3n) is 3.58. The number of aromatic nitrogens is 1. The molecule has 0 aliphatic carbocycles. The summed E-state index contributed by atoms with van der Waals surface area (Å²) < 4.78 is 37.5. The maximum absolute atomic E-state index is 13.8. The van der Waals surface area contributed by atoms with Crippen LogP contribution in [-0.2, 0) is 0 Å². The predicted molar refractivity (Wildman–Crippen MR) is 95.0 cm³/mol. The lowest BCUT2D eigenvalue weighted by atomic mass is 10.1. The molecule has 134 valence electrons. The monoisotopic (exact) mass is 376 g/mol. The van der Waals surface area contributed by atoms with Gasteiger partial charge in [-0.15, -0.1) is 11.3 Å². The zero-order chi connectivity index (χ0) is 18.7. The molecule has 0 aliphatic heterocycles. The Bertz CT molecular complexity index is 959.